The summed E-state index contributed by atoms with van der Waals surface area (Å²) in [5.74, 6) is -0.791. The van der Waals surface area contributed by atoms with E-state index in [0.717, 1.165) is 11.3 Å². The number of hydrogen-bond donors (Lipinski definition) is 2. The Bertz CT molecular complexity index is 647. The van der Waals surface area contributed by atoms with Crippen molar-refractivity contribution in [1.29, 1.82) is 0 Å². The van der Waals surface area contributed by atoms with E-state index >= 15 is 0 Å². The van der Waals surface area contributed by atoms with Crippen LogP contribution in [-0.2, 0) is 6.54 Å². The Morgan fingerprint density at radius 3 is 2.76 bits per heavy atom. The second-order valence-corrected chi connectivity index (χ2v) is 4.95. The maximum absolute atomic E-state index is 13.7. The lowest BCUT2D eigenvalue weighted by Gasteiger charge is -2.14. The van der Waals surface area contributed by atoms with Gasteiger partial charge >= 0.3 is 5.97 Å². The summed E-state index contributed by atoms with van der Waals surface area (Å²) in [7, 11) is 0. The molecule has 5 nitrogen and oxygen atoms in total. The van der Waals surface area contributed by atoms with E-state index in [-0.39, 0.29) is 18.2 Å². The van der Waals surface area contributed by atoms with Crippen molar-refractivity contribution in [3.05, 3.63) is 52.2 Å². The molecule has 1 heterocycles. The standard InChI is InChI=1S/C15H17FN2O3/c1-8(14-9(2)18-21-10(14)3)17-7-12-6-11(15(19)20)4-5-13(12)16/h4-6,8,17H,7H2,1-3H3,(H,19,20). The molecule has 0 bridgehead atoms. The minimum Gasteiger partial charge on any atom is -0.478 e. The number of aromatic carboxylic acids is 1. The number of halogens is 1. The minimum atomic E-state index is -1.07. The number of hydrogen-bond acceptors (Lipinski definition) is 4. The van der Waals surface area contributed by atoms with E-state index in [2.05, 4.69) is 10.5 Å². The Morgan fingerprint density at radius 1 is 1.48 bits per heavy atom. The van der Waals surface area contributed by atoms with Gasteiger partial charge in [0.25, 0.3) is 0 Å². The molecule has 2 N–H and O–H groups in total. The highest BCUT2D eigenvalue weighted by Crippen LogP contribution is 2.21. The summed E-state index contributed by atoms with van der Waals surface area (Å²) in [4.78, 5) is 10.9. The van der Waals surface area contributed by atoms with Crippen LogP contribution in [0.1, 0.15) is 45.9 Å². The number of nitrogens with one attached hydrogen (secondary N) is 1. The van der Waals surface area contributed by atoms with Crippen molar-refractivity contribution in [3.63, 3.8) is 0 Å². The minimum absolute atomic E-state index is 0.0678. The molecule has 1 atom stereocenters. The van der Waals surface area contributed by atoms with Gasteiger partial charge in [-0.25, -0.2) is 9.18 Å². The van der Waals surface area contributed by atoms with Gasteiger partial charge in [0.05, 0.1) is 11.3 Å². The zero-order chi connectivity index (χ0) is 15.6. The number of carbonyl (C=O) groups is 1. The van der Waals surface area contributed by atoms with Crippen LogP contribution in [0.3, 0.4) is 0 Å². The molecule has 0 saturated heterocycles. The van der Waals surface area contributed by atoms with Gasteiger partial charge in [0.1, 0.15) is 11.6 Å². The molecule has 0 fully saturated rings. The quantitative estimate of drug-likeness (QED) is 0.886. The van der Waals surface area contributed by atoms with Crippen molar-refractivity contribution in [2.45, 2.75) is 33.4 Å². The van der Waals surface area contributed by atoms with Crippen LogP contribution in [0.2, 0.25) is 0 Å². The van der Waals surface area contributed by atoms with Crippen LogP contribution in [0.25, 0.3) is 0 Å². The van der Waals surface area contributed by atoms with Crippen LogP contribution in [-0.4, -0.2) is 16.2 Å². The summed E-state index contributed by atoms with van der Waals surface area (Å²) in [5.41, 5.74) is 2.10. The van der Waals surface area contributed by atoms with Crippen LogP contribution >= 0.6 is 0 Å². The van der Waals surface area contributed by atoms with Gasteiger partial charge in [-0.05, 0) is 39.0 Å². The van der Waals surface area contributed by atoms with E-state index in [1.54, 1.807) is 0 Å². The van der Waals surface area contributed by atoms with Crippen molar-refractivity contribution < 1.29 is 18.8 Å². The van der Waals surface area contributed by atoms with Gasteiger partial charge in [-0.1, -0.05) is 5.16 Å². The summed E-state index contributed by atoms with van der Waals surface area (Å²) in [6.45, 7) is 5.80. The second kappa shape index (κ2) is 6.05. The lowest BCUT2D eigenvalue weighted by molar-refractivity contribution is 0.0696. The van der Waals surface area contributed by atoms with Crippen LogP contribution in [0.15, 0.2) is 22.7 Å². The molecule has 1 unspecified atom stereocenters. The fraction of sp³-hybridized carbons (Fsp3) is 0.333. The maximum atomic E-state index is 13.7. The average Bonchev–Trinajstić information content (AvgIpc) is 2.76. The molecule has 21 heavy (non-hydrogen) atoms. The van der Waals surface area contributed by atoms with Gasteiger partial charge in [-0.3, -0.25) is 0 Å². The zero-order valence-corrected chi connectivity index (χ0v) is 12.1. The SMILES string of the molecule is Cc1noc(C)c1C(C)NCc1cc(C(=O)O)ccc1F. The first-order chi connectivity index (χ1) is 9.90. The molecule has 0 amide bonds. The Hall–Kier alpha value is -2.21. The molecule has 6 heteroatoms. The normalized spacial score (nSPS) is 12.4. The predicted molar refractivity (Wildman–Crippen MR) is 74.6 cm³/mol. The number of carboxylic acids is 1. The van der Waals surface area contributed by atoms with Gasteiger partial charge in [0.15, 0.2) is 0 Å². The lowest BCUT2D eigenvalue weighted by Crippen LogP contribution is -2.20. The van der Waals surface area contributed by atoms with Crippen molar-refractivity contribution >= 4 is 5.97 Å². The molecule has 0 saturated carbocycles. The topological polar surface area (TPSA) is 75.4 Å². The number of benzene rings is 1. The summed E-state index contributed by atoms with van der Waals surface area (Å²) in [6.07, 6.45) is 0. The fourth-order valence-corrected chi connectivity index (χ4v) is 2.32. The monoisotopic (exact) mass is 292 g/mol. The van der Waals surface area contributed by atoms with Crippen molar-refractivity contribution in [2.24, 2.45) is 0 Å². The molecule has 0 spiro atoms. The average molecular weight is 292 g/mol. The molecule has 0 radical (unpaired) electrons. The van der Waals surface area contributed by atoms with Crippen LogP contribution in [0, 0.1) is 19.7 Å². The first-order valence-electron chi connectivity index (χ1n) is 6.58. The molecule has 0 aliphatic rings. The molecular formula is C15H17FN2O3. The maximum Gasteiger partial charge on any atom is 0.335 e. The van der Waals surface area contributed by atoms with Crippen molar-refractivity contribution in [1.82, 2.24) is 10.5 Å². The molecule has 0 aliphatic carbocycles. The molecule has 112 valence electrons. The molecule has 1 aromatic heterocycles. The van der Waals surface area contributed by atoms with Gasteiger partial charge in [0, 0.05) is 23.7 Å². The molecular weight excluding hydrogens is 275 g/mol. The summed E-state index contributed by atoms with van der Waals surface area (Å²) < 4.78 is 18.8. The Morgan fingerprint density at radius 2 is 2.19 bits per heavy atom. The third kappa shape index (κ3) is 3.28. The van der Waals surface area contributed by atoms with E-state index in [9.17, 15) is 9.18 Å². The predicted octanol–water partition coefficient (Wildman–Crippen LogP) is 2.98. The number of aromatic nitrogens is 1. The highest BCUT2D eigenvalue weighted by Gasteiger charge is 2.16. The highest BCUT2D eigenvalue weighted by molar-refractivity contribution is 5.87. The zero-order valence-electron chi connectivity index (χ0n) is 12.1. The number of nitrogens with zero attached hydrogens (tertiary/aromatic N) is 1. The van der Waals surface area contributed by atoms with Crippen LogP contribution in [0.4, 0.5) is 4.39 Å². The number of aryl methyl sites for hydroxylation is 2. The molecule has 2 rings (SSSR count). The van der Waals surface area contributed by atoms with Gasteiger partial charge in [-0.2, -0.15) is 0 Å². The molecule has 0 aliphatic heterocycles. The first kappa shape index (κ1) is 15.2. The fourth-order valence-electron chi connectivity index (χ4n) is 2.32. The first-order valence-corrected chi connectivity index (χ1v) is 6.58. The largest absolute Gasteiger partial charge is 0.478 e. The molecule has 2 aromatic rings. The van der Waals surface area contributed by atoms with Gasteiger partial charge < -0.3 is 14.9 Å². The number of rotatable bonds is 5. The smallest absolute Gasteiger partial charge is 0.335 e. The second-order valence-electron chi connectivity index (χ2n) is 4.95. The lowest BCUT2D eigenvalue weighted by atomic mass is 10.1. The van der Waals surface area contributed by atoms with E-state index < -0.39 is 11.8 Å². The van der Waals surface area contributed by atoms with E-state index in [1.807, 2.05) is 20.8 Å². The molecule has 1 aromatic carbocycles. The van der Waals surface area contributed by atoms with Crippen LogP contribution < -0.4 is 5.32 Å². The third-order valence-corrected chi connectivity index (χ3v) is 3.41. The third-order valence-electron chi connectivity index (χ3n) is 3.41. The van der Waals surface area contributed by atoms with Gasteiger partial charge in [0.2, 0.25) is 0 Å². The highest BCUT2D eigenvalue weighted by atomic mass is 19.1. The summed E-state index contributed by atoms with van der Waals surface area (Å²) in [5, 5.41) is 16.0. The van der Waals surface area contributed by atoms with Crippen molar-refractivity contribution in [3.8, 4) is 0 Å². The van der Waals surface area contributed by atoms with Crippen LogP contribution in [0.5, 0.6) is 0 Å². The Kier molecular flexibility index (Phi) is 4.37. The Labute approximate surface area is 121 Å². The summed E-state index contributed by atoms with van der Waals surface area (Å²) >= 11 is 0. The van der Waals surface area contributed by atoms with Gasteiger partial charge in [-0.15, -0.1) is 0 Å². The van der Waals surface area contributed by atoms with E-state index in [1.165, 1.54) is 18.2 Å². The number of carboxylic acid groups (broad SMARTS) is 1. The van der Waals surface area contributed by atoms with E-state index in [0.29, 0.717) is 11.3 Å². The summed E-state index contributed by atoms with van der Waals surface area (Å²) in [6, 6.07) is 3.68. The van der Waals surface area contributed by atoms with Crippen molar-refractivity contribution in [2.75, 3.05) is 0 Å². The Balaban J connectivity index is 2.13. The van der Waals surface area contributed by atoms with E-state index in [4.69, 9.17) is 9.63 Å².